The summed E-state index contributed by atoms with van der Waals surface area (Å²) in [6.07, 6.45) is 0.474. The van der Waals surface area contributed by atoms with Gasteiger partial charge in [-0.2, -0.15) is 0 Å². The molecular weight excluding hydrogens is 184 g/mol. The van der Waals surface area contributed by atoms with Crippen molar-refractivity contribution in [3.05, 3.63) is 11.4 Å². The molecule has 0 saturated carbocycles. The Labute approximate surface area is 81.4 Å². The Kier molecular flexibility index (Phi) is 2.50. The maximum Gasteiger partial charge on any atom is 0.143 e. The molecular formula is C7H16N6O. The Bertz CT molecular complexity index is 290. The van der Waals surface area contributed by atoms with E-state index in [1.54, 1.807) is 0 Å². The third-order valence-electron chi connectivity index (χ3n) is 2.73. The summed E-state index contributed by atoms with van der Waals surface area (Å²) in [6, 6.07) is -2.47. The number of carbonyl (C=O) groups excluding carboxylic acids is 1. The Hall–Kier alpha value is -1.15. The predicted molar refractivity (Wildman–Crippen MR) is 52.3 cm³/mol. The molecule has 0 aromatic rings. The molecule has 80 valence electrons. The Morgan fingerprint density at radius 1 is 1.14 bits per heavy atom. The van der Waals surface area contributed by atoms with E-state index in [2.05, 4.69) is 0 Å². The lowest BCUT2D eigenvalue weighted by Gasteiger charge is -2.43. The molecule has 14 heavy (non-hydrogen) atoms. The SMILES string of the molecule is NC1=C(N)C(N)C(N)(C=O)C(N)C1N. The van der Waals surface area contributed by atoms with Crippen molar-refractivity contribution in [3.8, 4) is 0 Å². The van der Waals surface area contributed by atoms with Crippen molar-refractivity contribution in [2.45, 2.75) is 23.7 Å². The molecule has 0 spiro atoms. The molecule has 1 rings (SSSR count). The zero-order valence-corrected chi connectivity index (χ0v) is 7.68. The summed E-state index contributed by atoms with van der Waals surface area (Å²) in [5.41, 5.74) is 32.7. The molecule has 0 aliphatic heterocycles. The molecule has 0 aromatic heterocycles. The molecule has 4 atom stereocenters. The fraction of sp³-hybridized carbons (Fsp3) is 0.571. The van der Waals surface area contributed by atoms with E-state index in [9.17, 15) is 4.79 Å². The van der Waals surface area contributed by atoms with Gasteiger partial charge in [-0.25, -0.2) is 0 Å². The van der Waals surface area contributed by atoms with Crippen molar-refractivity contribution < 1.29 is 4.79 Å². The maximum absolute atomic E-state index is 10.8. The van der Waals surface area contributed by atoms with Crippen LogP contribution in [0.5, 0.6) is 0 Å². The first kappa shape index (κ1) is 10.9. The van der Waals surface area contributed by atoms with Gasteiger partial charge in [-0.05, 0) is 0 Å². The fourth-order valence-electron chi connectivity index (χ4n) is 1.51. The first-order valence-electron chi connectivity index (χ1n) is 4.13. The molecule has 7 nitrogen and oxygen atoms in total. The van der Waals surface area contributed by atoms with Crippen LogP contribution < -0.4 is 34.4 Å². The van der Waals surface area contributed by atoms with Crippen LogP contribution >= 0.6 is 0 Å². The van der Waals surface area contributed by atoms with Gasteiger partial charge in [-0.15, -0.1) is 0 Å². The van der Waals surface area contributed by atoms with Gasteiger partial charge in [0.15, 0.2) is 0 Å². The summed E-state index contributed by atoms with van der Waals surface area (Å²) >= 11 is 0. The highest BCUT2D eigenvalue weighted by atomic mass is 16.1. The van der Waals surface area contributed by atoms with Crippen LogP contribution in [0.2, 0.25) is 0 Å². The van der Waals surface area contributed by atoms with E-state index in [0.717, 1.165) is 0 Å². The number of hydrogen-bond donors (Lipinski definition) is 6. The van der Waals surface area contributed by atoms with Crippen LogP contribution in [0.25, 0.3) is 0 Å². The topological polar surface area (TPSA) is 173 Å². The highest BCUT2D eigenvalue weighted by Gasteiger charge is 2.48. The molecule has 1 aliphatic rings. The van der Waals surface area contributed by atoms with Gasteiger partial charge in [0, 0.05) is 11.4 Å². The molecule has 0 heterocycles. The molecule has 0 fully saturated rings. The Morgan fingerprint density at radius 3 is 2.07 bits per heavy atom. The van der Waals surface area contributed by atoms with Crippen LogP contribution in [0.4, 0.5) is 0 Å². The van der Waals surface area contributed by atoms with Gasteiger partial charge >= 0.3 is 0 Å². The lowest BCUT2D eigenvalue weighted by atomic mass is 9.74. The monoisotopic (exact) mass is 200 g/mol. The molecule has 0 radical (unpaired) electrons. The minimum absolute atomic E-state index is 0.133. The molecule has 0 aromatic carbocycles. The molecule has 0 bridgehead atoms. The molecule has 12 N–H and O–H groups in total. The summed E-state index contributed by atoms with van der Waals surface area (Å²) < 4.78 is 0. The van der Waals surface area contributed by atoms with Crippen LogP contribution in [0.15, 0.2) is 11.4 Å². The van der Waals surface area contributed by atoms with E-state index in [-0.39, 0.29) is 11.4 Å². The van der Waals surface area contributed by atoms with Crippen LogP contribution in [-0.2, 0) is 4.79 Å². The third kappa shape index (κ3) is 1.18. The quantitative estimate of drug-likeness (QED) is 0.234. The van der Waals surface area contributed by atoms with Crippen LogP contribution in [0, 0.1) is 0 Å². The fourth-order valence-corrected chi connectivity index (χ4v) is 1.51. The second-order valence-corrected chi connectivity index (χ2v) is 3.56. The Morgan fingerprint density at radius 2 is 1.64 bits per heavy atom. The predicted octanol–water partition coefficient (Wildman–Crippen LogP) is -3.99. The second-order valence-electron chi connectivity index (χ2n) is 3.56. The van der Waals surface area contributed by atoms with E-state index < -0.39 is 23.7 Å². The Balaban J connectivity index is 3.24. The molecule has 0 amide bonds. The lowest BCUT2D eigenvalue weighted by molar-refractivity contribution is -0.113. The normalized spacial score (nSPS) is 43.9. The van der Waals surface area contributed by atoms with E-state index in [1.165, 1.54) is 0 Å². The lowest BCUT2D eigenvalue weighted by Crippen LogP contribution is -2.75. The maximum atomic E-state index is 10.8. The number of carbonyl (C=O) groups is 1. The number of hydrogen-bond acceptors (Lipinski definition) is 7. The van der Waals surface area contributed by atoms with Crippen molar-refractivity contribution in [2.24, 2.45) is 34.4 Å². The van der Waals surface area contributed by atoms with Crippen LogP contribution in [0.1, 0.15) is 0 Å². The summed E-state index contributed by atoms with van der Waals surface area (Å²) in [7, 11) is 0. The smallest absolute Gasteiger partial charge is 0.143 e. The number of aldehydes is 1. The van der Waals surface area contributed by atoms with Crippen molar-refractivity contribution in [3.63, 3.8) is 0 Å². The van der Waals surface area contributed by atoms with Gasteiger partial charge in [0.1, 0.15) is 11.8 Å². The van der Waals surface area contributed by atoms with Crippen molar-refractivity contribution in [1.82, 2.24) is 0 Å². The number of rotatable bonds is 1. The highest BCUT2D eigenvalue weighted by molar-refractivity contribution is 5.70. The van der Waals surface area contributed by atoms with Gasteiger partial charge in [-0.3, -0.25) is 0 Å². The first-order valence-corrected chi connectivity index (χ1v) is 4.13. The molecule has 1 aliphatic carbocycles. The summed E-state index contributed by atoms with van der Waals surface area (Å²) in [5, 5.41) is 0. The van der Waals surface area contributed by atoms with Gasteiger partial charge in [0.2, 0.25) is 0 Å². The van der Waals surface area contributed by atoms with E-state index >= 15 is 0 Å². The van der Waals surface area contributed by atoms with Gasteiger partial charge in [0.05, 0.1) is 18.1 Å². The van der Waals surface area contributed by atoms with Crippen molar-refractivity contribution in [2.75, 3.05) is 0 Å². The van der Waals surface area contributed by atoms with Crippen molar-refractivity contribution in [1.29, 1.82) is 0 Å². The minimum atomic E-state index is -1.45. The standard InChI is InChI=1S/C7H16N6O/c8-2-3(9)5(11)7(13,1-14)6(12)4(2)10/h1,3,5-6H,8-13H2. The van der Waals surface area contributed by atoms with Gasteiger partial charge < -0.3 is 39.2 Å². The zero-order chi connectivity index (χ0) is 11.1. The third-order valence-corrected chi connectivity index (χ3v) is 2.73. The molecule has 4 unspecified atom stereocenters. The highest BCUT2D eigenvalue weighted by Crippen LogP contribution is 2.22. The van der Waals surface area contributed by atoms with Crippen molar-refractivity contribution >= 4 is 6.29 Å². The van der Waals surface area contributed by atoms with Crippen LogP contribution in [0.3, 0.4) is 0 Å². The first-order chi connectivity index (χ1) is 6.36. The van der Waals surface area contributed by atoms with E-state index in [1.807, 2.05) is 0 Å². The molecule has 0 saturated heterocycles. The minimum Gasteiger partial charge on any atom is -0.399 e. The van der Waals surface area contributed by atoms with E-state index in [0.29, 0.717) is 6.29 Å². The largest absolute Gasteiger partial charge is 0.399 e. The zero-order valence-electron chi connectivity index (χ0n) is 7.68. The molecule has 7 heteroatoms. The average molecular weight is 200 g/mol. The summed E-state index contributed by atoms with van der Waals surface area (Å²) in [4.78, 5) is 10.8. The summed E-state index contributed by atoms with van der Waals surface area (Å²) in [5.74, 6) is 0. The second kappa shape index (κ2) is 3.21. The van der Waals surface area contributed by atoms with E-state index in [4.69, 9.17) is 34.4 Å². The van der Waals surface area contributed by atoms with Gasteiger partial charge in [-0.1, -0.05) is 0 Å². The average Bonchev–Trinajstić information content (AvgIpc) is 2.21. The summed E-state index contributed by atoms with van der Waals surface area (Å²) in [6.45, 7) is 0. The van der Waals surface area contributed by atoms with Gasteiger partial charge in [0.25, 0.3) is 0 Å². The van der Waals surface area contributed by atoms with Crippen LogP contribution in [-0.4, -0.2) is 30.0 Å². The number of nitrogens with two attached hydrogens (primary N) is 6.